The Labute approximate surface area is 170 Å². The Morgan fingerprint density at radius 3 is 2.79 bits per heavy atom. The van der Waals surface area contributed by atoms with E-state index < -0.39 is 0 Å². The third-order valence-corrected chi connectivity index (χ3v) is 5.56. The number of aromatic amines is 1. The van der Waals surface area contributed by atoms with Crippen molar-refractivity contribution in [1.82, 2.24) is 20.0 Å². The van der Waals surface area contributed by atoms with Gasteiger partial charge in [0.25, 0.3) is 5.91 Å². The molecular formula is C21H28N4O4. The molecule has 1 amide bonds. The first-order chi connectivity index (χ1) is 14.1. The predicted molar refractivity (Wildman–Crippen MR) is 108 cm³/mol. The van der Waals surface area contributed by atoms with Gasteiger partial charge in [0.15, 0.2) is 11.5 Å². The van der Waals surface area contributed by atoms with Crippen LogP contribution in [-0.2, 0) is 6.54 Å². The Balaban J connectivity index is 1.52. The molecule has 3 heterocycles. The SMILES string of the molecule is COc1cc2c(cc1CN1CCC[C@@H](c3[nH]ncc3C(=O)N(C)C)C1)OCCO2. The number of hydrogen-bond acceptors (Lipinski definition) is 6. The highest BCUT2D eigenvalue weighted by Crippen LogP contribution is 2.38. The van der Waals surface area contributed by atoms with Crippen LogP contribution in [0.1, 0.15) is 40.4 Å². The van der Waals surface area contributed by atoms with E-state index in [0.717, 1.165) is 61.0 Å². The zero-order valence-electron chi connectivity index (χ0n) is 17.2. The van der Waals surface area contributed by atoms with Gasteiger partial charge < -0.3 is 19.1 Å². The van der Waals surface area contributed by atoms with Crippen LogP contribution in [0.2, 0.25) is 0 Å². The number of piperidine rings is 1. The van der Waals surface area contributed by atoms with E-state index in [2.05, 4.69) is 15.1 Å². The van der Waals surface area contributed by atoms with E-state index in [0.29, 0.717) is 18.8 Å². The quantitative estimate of drug-likeness (QED) is 0.829. The Kier molecular flexibility index (Phi) is 5.62. The number of benzene rings is 1. The molecule has 0 saturated carbocycles. The first-order valence-corrected chi connectivity index (χ1v) is 10.0. The maximum atomic E-state index is 12.5. The molecule has 1 N–H and O–H groups in total. The third kappa shape index (κ3) is 4.03. The van der Waals surface area contributed by atoms with E-state index >= 15 is 0 Å². The van der Waals surface area contributed by atoms with Gasteiger partial charge in [-0.15, -0.1) is 0 Å². The lowest BCUT2D eigenvalue weighted by atomic mass is 9.92. The van der Waals surface area contributed by atoms with Crippen molar-refractivity contribution < 1.29 is 19.0 Å². The minimum absolute atomic E-state index is 0.0145. The molecule has 1 aromatic carbocycles. The molecule has 0 spiro atoms. The summed E-state index contributed by atoms with van der Waals surface area (Å²) in [5.74, 6) is 2.54. The molecule has 1 aromatic heterocycles. The molecule has 0 radical (unpaired) electrons. The molecule has 2 aliphatic heterocycles. The van der Waals surface area contributed by atoms with Gasteiger partial charge in [-0.1, -0.05) is 0 Å². The lowest BCUT2D eigenvalue weighted by molar-refractivity contribution is 0.0825. The van der Waals surface area contributed by atoms with Crippen molar-refractivity contribution in [2.75, 3.05) is 47.5 Å². The van der Waals surface area contributed by atoms with Gasteiger partial charge >= 0.3 is 0 Å². The van der Waals surface area contributed by atoms with Gasteiger partial charge in [-0.3, -0.25) is 14.8 Å². The number of amides is 1. The third-order valence-electron chi connectivity index (χ3n) is 5.56. The van der Waals surface area contributed by atoms with Crippen LogP contribution in [0.25, 0.3) is 0 Å². The topological polar surface area (TPSA) is 79.9 Å². The molecular weight excluding hydrogens is 372 g/mol. The van der Waals surface area contributed by atoms with Crippen LogP contribution in [0.3, 0.4) is 0 Å². The van der Waals surface area contributed by atoms with Crippen molar-refractivity contribution >= 4 is 5.91 Å². The normalized spacial score (nSPS) is 19.1. The van der Waals surface area contributed by atoms with Crippen molar-refractivity contribution in [2.24, 2.45) is 0 Å². The Bertz CT molecular complexity index is 880. The van der Waals surface area contributed by atoms with Crippen LogP contribution in [0, 0.1) is 0 Å². The summed E-state index contributed by atoms with van der Waals surface area (Å²) in [6.07, 6.45) is 3.73. The van der Waals surface area contributed by atoms with Crippen LogP contribution in [-0.4, -0.2) is 73.4 Å². The average Bonchev–Trinajstić information content (AvgIpc) is 3.22. The highest BCUT2D eigenvalue weighted by Gasteiger charge is 2.28. The molecule has 8 nitrogen and oxygen atoms in total. The van der Waals surface area contributed by atoms with Gasteiger partial charge in [-0.05, 0) is 25.5 Å². The van der Waals surface area contributed by atoms with E-state index in [9.17, 15) is 4.79 Å². The maximum Gasteiger partial charge on any atom is 0.256 e. The molecule has 0 bridgehead atoms. The Morgan fingerprint density at radius 2 is 2.07 bits per heavy atom. The number of hydrogen-bond donors (Lipinski definition) is 1. The van der Waals surface area contributed by atoms with Crippen molar-refractivity contribution in [1.29, 1.82) is 0 Å². The minimum Gasteiger partial charge on any atom is -0.496 e. The predicted octanol–water partition coefficient (Wildman–Crippen LogP) is 2.27. The highest BCUT2D eigenvalue weighted by molar-refractivity contribution is 5.94. The largest absolute Gasteiger partial charge is 0.496 e. The number of rotatable bonds is 5. The number of methoxy groups -OCH3 is 1. The van der Waals surface area contributed by atoms with Gasteiger partial charge in [-0.25, -0.2) is 0 Å². The lowest BCUT2D eigenvalue weighted by Crippen LogP contribution is -2.35. The lowest BCUT2D eigenvalue weighted by Gasteiger charge is -2.33. The van der Waals surface area contributed by atoms with Crippen molar-refractivity contribution in [3.8, 4) is 17.2 Å². The summed E-state index contributed by atoms with van der Waals surface area (Å²) in [6, 6.07) is 3.93. The van der Waals surface area contributed by atoms with Gasteiger partial charge in [0.1, 0.15) is 19.0 Å². The fraction of sp³-hybridized carbons (Fsp3) is 0.524. The molecule has 1 fully saturated rings. The van der Waals surface area contributed by atoms with Gasteiger partial charge in [0, 0.05) is 44.7 Å². The Hall–Kier alpha value is -2.74. The summed E-state index contributed by atoms with van der Waals surface area (Å²) in [5.41, 5.74) is 2.67. The van der Waals surface area contributed by atoms with E-state index in [1.54, 1.807) is 32.3 Å². The van der Waals surface area contributed by atoms with Crippen LogP contribution >= 0.6 is 0 Å². The summed E-state index contributed by atoms with van der Waals surface area (Å²) in [7, 11) is 5.21. The van der Waals surface area contributed by atoms with Crippen LogP contribution in [0.5, 0.6) is 17.2 Å². The fourth-order valence-electron chi connectivity index (χ4n) is 4.12. The summed E-state index contributed by atoms with van der Waals surface area (Å²) >= 11 is 0. The number of nitrogens with one attached hydrogen (secondary N) is 1. The highest BCUT2D eigenvalue weighted by atomic mass is 16.6. The number of likely N-dealkylation sites (tertiary alicyclic amines) is 1. The van der Waals surface area contributed by atoms with E-state index in [-0.39, 0.29) is 11.8 Å². The summed E-state index contributed by atoms with van der Waals surface area (Å²) in [6.45, 7) is 3.72. The molecule has 29 heavy (non-hydrogen) atoms. The zero-order chi connectivity index (χ0) is 20.4. The molecule has 0 aliphatic carbocycles. The average molecular weight is 400 g/mol. The molecule has 2 aliphatic rings. The maximum absolute atomic E-state index is 12.5. The molecule has 1 atom stereocenters. The number of aromatic nitrogens is 2. The molecule has 0 unspecified atom stereocenters. The van der Waals surface area contributed by atoms with Crippen LogP contribution in [0.15, 0.2) is 18.3 Å². The van der Waals surface area contributed by atoms with Crippen molar-refractivity contribution in [3.05, 3.63) is 35.2 Å². The summed E-state index contributed by atoms with van der Waals surface area (Å²) in [5, 5.41) is 7.22. The number of H-pyrrole nitrogens is 1. The fourth-order valence-corrected chi connectivity index (χ4v) is 4.12. The summed E-state index contributed by atoms with van der Waals surface area (Å²) < 4.78 is 17.0. The molecule has 156 valence electrons. The standard InChI is InChI=1S/C21H28N4O4/c1-24(2)21(26)16-11-22-23-20(16)14-5-4-6-25(12-14)13-15-9-18-19(10-17(15)27-3)29-8-7-28-18/h9-11,14H,4-8,12-13H2,1-3H3,(H,22,23)/t14-/m1/s1. The molecule has 2 aromatic rings. The van der Waals surface area contributed by atoms with Crippen LogP contribution < -0.4 is 14.2 Å². The number of ether oxygens (including phenoxy) is 3. The zero-order valence-corrected chi connectivity index (χ0v) is 17.2. The number of carbonyl (C=O) groups is 1. The Morgan fingerprint density at radius 1 is 1.31 bits per heavy atom. The van der Waals surface area contributed by atoms with Gasteiger partial charge in [0.05, 0.1) is 24.6 Å². The second kappa shape index (κ2) is 8.32. The van der Waals surface area contributed by atoms with Crippen molar-refractivity contribution in [2.45, 2.75) is 25.3 Å². The molecule has 4 rings (SSSR count). The second-order valence-electron chi connectivity index (χ2n) is 7.78. The first-order valence-electron chi connectivity index (χ1n) is 10.0. The van der Waals surface area contributed by atoms with E-state index in [4.69, 9.17) is 14.2 Å². The summed E-state index contributed by atoms with van der Waals surface area (Å²) in [4.78, 5) is 16.5. The van der Waals surface area contributed by atoms with Gasteiger partial charge in [-0.2, -0.15) is 5.10 Å². The van der Waals surface area contributed by atoms with Crippen LogP contribution in [0.4, 0.5) is 0 Å². The van der Waals surface area contributed by atoms with E-state index in [1.807, 2.05) is 12.1 Å². The number of fused-ring (bicyclic) bond motifs is 1. The second-order valence-corrected chi connectivity index (χ2v) is 7.78. The van der Waals surface area contributed by atoms with Gasteiger partial charge in [0.2, 0.25) is 0 Å². The minimum atomic E-state index is -0.0145. The first kappa shape index (κ1) is 19.6. The molecule has 8 heteroatoms. The smallest absolute Gasteiger partial charge is 0.256 e. The number of carbonyl (C=O) groups excluding carboxylic acids is 1. The molecule has 1 saturated heterocycles. The van der Waals surface area contributed by atoms with E-state index in [1.165, 1.54) is 0 Å². The number of nitrogens with zero attached hydrogens (tertiary/aromatic N) is 3. The monoisotopic (exact) mass is 400 g/mol. The van der Waals surface area contributed by atoms with Crippen molar-refractivity contribution in [3.63, 3.8) is 0 Å².